The SMILES string of the molecule is CCOc1ccc(N=Nc2ccccc2)nc1. The predicted molar refractivity (Wildman–Crippen MR) is 66.0 cm³/mol. The summed E-state index contributed by atoms with van der Waals surface area (Å²) in [6.45, 7) is 2.57. The van der Waals surface area contributed by atoms with Gasteiger partial charge in [-0.2, -0.15) is 0 Å². The van der Waals surface area contributed by atoms with E-state index in [-0.39, 0.29) is 0 Å². The second-order valence-corrected chi connectivity index (χ2v) is 3.32. The molecule has 4 heteroatoms. The van der Waals surface area contributed by atoms with Crippen LogP contribution in [0.2, 0.25) is 0 Å². The number of ether oxygens (including phenoxy) is 1. The molecule has 1 aromatic heterocycles. The van der Waals surface area contributed by atoms with Gasteiger partial charge in [-0.05, 0) is 31.2 Å². The summed E-state index contributed by atoms with van der Waals surface area (Å²) >= 11 is 0. The van der Waals surface area contributed by atoms with Crippen molar-refractivity contribution >= 4 is 11.5 Å². The summed E-state index contributed by atoms with van der Waals surface area (Å²) in [5.41, 5.74) is 0.809. The predicted octanol–water partition coefficient (Wildman–Crippen LogP) is 3.90. The van der Waals surface area contributed by atoms with Crippen LogP contribution < -0.4 is 4.74 Å². The van der Waals surface area contributed by atoms with Gasteiger partial charge in [0.2, 0.25) is 0 Å². The van der Waals surface area contributed by atoms with Crippen molar-refractivity contribution in [3.05, 3.63) is 48.7 Å². The molecule has 0 unspecified atom stereocenters. The van der Waals surface area contributed by atoms with Gasteiger partial charge in [0.05, 0.1) is 18.5 Å². The smallest absolute Gasteiger partial charge is 0.174 e. The fourth-order valence-electron chi connectivity index (χ4n) is 1.29. The lowest BCUT2D eigenvalue weighted by Gasteiger charge is -2.00. The van der Waals surface area contributed by atoms with E-state index in [1.807, 2.05) is 43.3 Å². The summed E-state index contributed by atoms with van der Waals surface area (Å²) in [6, 6.07) is 13.2. The average molecular weight is 227 g/mol. The summed E-state index contributed by atoms with van der Waals surface area (Å²) in [5, 5.41) is 8.11. The van der Waals surface area contributed by atoms with Crippen molar-refractivity contribution in [1.29, 1.82) is 0 Å². The van der Waals surface area contributed by atoms with Gasteiger partial charge in [0, 0.05) is 0 Å². The molecule has 0 amide bonds. The van der Waals surface area contributed by atoms with Crippen LogP contribution in [0.4, 0.5) is 11.5 Å². The minimum absolute atomic E-state index is 0.567. The maximum Gasteiger partial charge on any atom is 0.174 e. The number of benzene rings is 1. The molecule has 2 rings (SSSR count). The number of azo groups is 1. The molecule has 0 fully saturated rings. The number of pyridine rings is 1. The highest BCUT2D eigenvalue weighted by atomic mass is 16.5. The number of rotatable bonds is 4. The van der Waals surface area contributed by atoms with Gasteiger partial charge < -0.3 is 4.74 Å². The molecule has 0 aliphatic heterocycles. The van der Waals surface area contributed by atoms with Crippen LogP contribution in [-0.2, 0) is 0 Å². The van der Waals surface area contributed by atoms with Crippen molar-refractivity contribution in [3.8, 4) is 5.75 Å². The molecule has 0 N–H and O–H groups in total. The Morgan fingerprint density at radius 3 is 2.53 bits per heavy atom. The van der Waals surface area contributed by atoms with E-state index in [1.54, 1.807) is 12.3 Å². The number of hydrogen-bond acceptors (Lipinski definition) is 4. The van der Waals surface area contributed by atoms with Crippen LogP contribution in [-0.4, -0.2) is 11.6 Å². The Morgan fingerprint density at radius 2 is 1.88 bits per heavy atom. The first-order valence-corrected chi connectivity index (χ1v) is 5.44. The van der Waals surface area contributed by atoms with Crippen LogP contribution in [0.3, 0.4) is 0 Å². The Labute approximate surface area is 100.0 Å². The quantitative estimate of drug-likeness (QED) is 0.744. The topological polar surface area (TPSA) is 46.8 Å². The summed E-state index contributed by atoms with van der Waals surface area (Å²) in [5.74, 6) is 1.31. The average Bonchev–Trinajstić information content (AvgIpc) is 2.40. The highest BCUT2D eigenvalue weighted by Gasteiger charge is 1.94. The Hall–Kier alpha value is -2.23. The molecular formula is C13H13N3O. The lowest BCUT2D eigenvalue weighted by atomic mass is 10.3. The normalized spacial score (nSPS) is 10.6. The van der Waals surface area contributed by atoms with Crippen molar-refractivity contribution in [2.75, 3.05) is 6.61 Å². The van der Waals surface area contributed by atoms with E-state index >= 15 is 0 Å². The molecular weight excluding hydrogens is 214 g/mol. The number of nitrogens with zero attached hydrogens (tertiary/aromatic N) is 3. The lowest BCUT2D eigenvalue weighted by molar-refractivity contribution is 0.339. The molecule has 0 aliphatic carbocycles. The third kappa shape index (κ3) is 3.38. The van der Waals surface area contributed by atoms with Crippen molar-refractivity contribution in [2.45, 2.75) is 6.92 Å². The van der Waals surface area contributed by atoms with Crippen molar-refractivity contribution in [2.24, 2.45) is 10.2 Å². The van der Waals surface area contributed by atoms with Gasteiger partial charge in [-0.25, -0.2) is 4.98 Å². The molecule has 17 heavy (non-hydrogen) atoms. The fraction of sp³-hybridized carbons (Fsp3) is 0.154. The maximum atomic E-state index is 5.29. The standard InChI is InChI=1S/C13H13N3O/c1-2-17-12-8-9-13(14-10-12)16-15-11-6-4-3-5-7-11/h3-10H,2H2,1H3. The van der Waals surface area contributed by atoms with Gasteiger partial charge >= 0.3 is 0 Å². The fourth-order valence-corrected chi connectivity index (χ4v) is 1.29. The summed E-state index contributed by atoms with van der Waals surface area (Å²) in [7, 11) is 0. The van der Waals surface area contributed by atoms with E-state index in [0.29, 0.717) is 12.4 Å². The minimum Gasteiger partial charge on any atom is -0.492 e. The molecule has 0 radical (unpaired) electrons. The van der Waals surface area contributed by atoms with Gasteiger partial charge in [0.25, 0.3) is 0 Å². The van der Waals surface area contributed by atoms with E-state index in [2.05, 4.69) is 15.2 Å². The highest BCUT2D eigenvalue weighted by molar-refractivity contribution is 5.37. The van der Waals surface area contributed by atoms with E-state index in [4.69, 9.17) is 4.74 Å². The summed E-state index contributed by atoms with van der Waals surface area (Å²) in [6.07, 6.45) is 1.64. The zero-order valence-electron chi connectivity index (χ0n) is 9.58. The second-order valence-electron chi connectivity index (χ2n) is 3.32. The minimum atomic E-state index is 0.567. The molecule has 0 atom stereocenters. The summed E-state index contributed by atoms with van der Waals surface area (Å²) < 4.78 is 5.29. The van der Waals surface area contributed by atoms with Gasteiger partial charge in [-0.3, -0.25) is 0 Å². The van der Waals surface area contributed by atoms with Crippen LogP contribution in [0.5, 0.6) is 5.75 Å². The van der Waals surface area contributed by atoms with Crippen LogP contribution >= 0.6 is 0 Å². The van der Waals surface area contributed by atoms with E-state index in [9.17, 15) is 0 Å². The molecule has 0 aliphatic rings. The molecule has 2 aromatic rings. The maximum absolute atomic E-state index is 5.29. The van der Waals surface area contributed by atoms with Crippen molar-refractivity contribution in [3.63, 3.8) is 0 Å². The molecule has 0 saturated carbocycles. The molecule has 0 bridgehead atoms. The molecule has 4 nitrogen and oxygen atoms in total. The molecule has 1 heterocycles. The Bertz CT molecular complexity index is 480. The summed E-state index contributed by atoms with van der Waals surface area (Å²) in [4.78, 5) is 4.13. The largest absolute Gasteiger partial charge is 0.492 e. The number of hydrogen-bond donors (Lipinski definition) is 0. The molecule has 1 aromatic carbocycles. The first-order chi connectivity index (χ1) is 8.38. The molecule has 0 spiro atoms. The monoisotopic (exact) mass is 227 g/mol. The van der Waals surface area contributed by atoms with Gasteiger partial charge in [0.1, 0.15) is 5.75 Å². The van der Waals surface area contributed by atoms with Gasteiger partial charge in [-0.15, -0.1) is 10.2 Å². The van der Waals surface area contributed by atoms with E-state index in [0.717, 1.165) is 11.4 Å². The zero-order valence-corrected chi connectivity index (χ0v) is 9.58. The third-order valence-electron chi connectivity index (χ3n) is 2.06. The molecule has 0 saturated heterocycles. The first kappa shape index (κ1) is 11.3. The zero-order chi connectivity index (χ0) is 11.9. The lowest BCUT2D eigenvalue weighted by Crippen LogP contribution is -1.90. The van der Waals surface area contributed by atoms with Crippen LogP contribution in [0.15, 0.2) is 58.9 Å². The van der Waals surface area contributed by atoms with Crippen molar-refractivity contribution in [1.82, 2.24) is 4.98 Å². The molecule has 86 valence electrons. The van der Waals surface area contributed by atoms with Gasteiger partial charge in [0.15, 0.2) is 5.82 Å². The van der Waals surface area contributed by atoms with Crippen LogP contribution in [0.1, 0.15) is 6.92 Å². The van der Waals surface area contributed by atoms with Gasteiger partial charge in [-0.1, -0.05) is 18.2 Å². The first-order valence-electron chi connectivity index (χ1n) is 5.44. The van der Waals surface area contributed by atoms with Crippen LogP contribution in [0.25, 0.3) is 0 Å². The van der Waals surface area contributed by atoms with Crippen molar-refractivity contribution < 1.29 is 4.74 Å². The highest BCUT2D eigenvalue weighted by Crippen LogP contribution is 2.17. The second kappa shape index (κ2) is 5.75. The van der Waals surface area contributed by atoms with E-state index in [1.165, 1.54) is 0 Å². The Balaban J connectivity index is 2.06. The third-order valence-corrected chi connectivity index (χ3v) is 2.06. The van der Waals surface area contributed by atoms with Crippen LogP contribution in [0, 0.1) is 0 Å². The van der Waals surface area contributed by atoms with E-state index < -0.39 is 0 Å². The Morgan fingerprint density at radius 1 is 1.06 bits per heavy atom. The Kier molecular flexibility index (Phi) is 3.81. The number of aromatic nitrogens is 1.